The average Bonchev–Trinajstić information content (AvgIpc) is 2.88. The molecule has 0 aliphatic rings. The lowest BCUT2D eigenvalue weighted by Gasteiger charge is -2.09. The molecule has 0 radical (unpaired) electrons. The van der Waals surface area contributed by atoms with Crippen molar-refractivity contribution in [1.82, 2.24) is 9.78 Å². The van der Waals surface area contributed by atoms with E-state index < -0.39 is 0 Å². The van der Waals surface area contributed by atoms with Gasteiger partial charge in [-0.25, -0.2) is 0 Å². The van der Waals surface area contributed by atoms with Crippen molar-refractivity contribution < 1.29 is 9.47 Å². The molecule has 0 spiro atoms. The fourth-order valence-electron chi connectivity index (χ4n) is 1.93. The predicted molar refractivity (Wildman–Crippen MR) is 74.4 cm³/mol. The van der Waals surface area contributed by atoms with E-state index in [1.165, 1.54) is 0 Å². The Morgan fingerprint density at radius 3 is 2.89 bits per heavy atom. The summed E-state index contributed by atoms with van der Waals surface area (Å²) in [5.74, 6) is 1.63. The van der Waals surface area contributed by atoms with Crippen LogP contribution in [-0.2, 0) is 6.54 Å². The van der Waals surface area contributed by atoms with Crippen molar-refractivity contribution in [3.63, 3.8) is 0 Å². The highest BCUT2D eigenvalue weighted by Gasteiger charge is 2.10. The van der Waals surface area contributed by atoms with Crippen LogP contribution in [0.5, 0.6) is 11.5 Å². The van der Waals surface area contributed by atoms with E-state index in [1.54, 1.807) is 7.11 Å². The van der Waals surface area contributed by atoms with Gasteiger partial charge >= 0.3 is 0 Å². The van der Waals surface area contributed by atoms with Crippen LogP contribution in [0.15, 0.2) is 30.6 Å². The summed E-state index contributed by atoms with van der Waals surface area (Å²) in [6.07, 6.45) is 3.77. The summed E-state index contributed by atoms with van der Waals surface area (Å²) in [6.45, 7) is 3.87. The molecule has 0 atom stereocenters. The molecule has 0 saturated carbocycles. The number of hydrogen-bond acceptors (Lipinski definition) is 4. The summed E-state index contributed by atoms with van der Waals surface area (Å²) in [5, 5.41) is 4.27. The zero-order valence-electron chi connectivity index (χ0n) is 11.3. The van der Waals surface area contributed by atoms with Crippen molar-refractivity contribution in [2.24, 2.45) is 5.73 Å². The molecule has 102 valence electrons. The third-order valence-corrected chi connectivity index (χ3v) is 2.78. The smallest absolute Gasteiger partial charge is 0.127 e. The number of methoxy groups -OCH3 is 1. The third-order valence-electron chi connectivity index (χ3n) is 2.78. The van der Waals surface area contributed by atoms with Gasteiger partial charge in [-0.05, 0) is 25.1 Å². The molecule has 0 fully saturated rings. The fourth-order valence-corrected chi connectivity index (χ4v) is 1.93. The second-order valence-electron chi connectivity index (χ2n) is 4.08. The highest BCUT2D eigenvalue weighted by atomic mass is 16.5. The van der Waals surface area contributed by atoms with Crippen LogP contribution in [0.25, 0.3) is 11.1 Å². The molecule has 2 rings (SSSR count). The fraction of sp³-hybridized carbons (Fsp3) is 0.357. The minimum absolute atomic E-state index is 0.567. The van der Waals surface area contributed by atoms with Crippen molar-refractivity contribution in [2.45, 2.75) is 13.5 Å². The molecule has 0 saturated heterocycles. The van der Waals surface area contributed by atoms with E-state index in [9.17, 15) is 0 Å². The van der Waals surface area contributed by atoms with E-state index in [4.69, 9.17) is 15.2 Å². The minimum Gasteiger partial charge on any atom is -0.496 e. The minimum atomic E-state index is 0.567. The molecule has 2 aromatic rings. The van der Waals surface area contributed by atoms with E-state index in [0.29, 0.717) is 19.7 Å². The molecule has 0 bridgehead atoms. The number of aromatic nitrogens is 2. The second kappa shape index (κ2) is 6.24. The topological polar surface area (TPSA) is 62.3 Å². The predicted octanol–water partition coefficient (Wildman–Crippen LogP) is 1.92. The Balaban J connectivity index is 2.36. The highest BCUT2D eigenvalue weighted by Crippen LogP contribution is 2.33. The molecule has 1 aromatic carbocycles. The first-order valence-corrected chi connectivity index (χ1v) is 6.32. The largest absolute Gasteiger partial charge is 0.496 e. The van der Waals surface area contributed by atoms with Crippen molar-refractivity contribution in [2.75, 3.05) is 20.3 Å². The molecule has 1 heterocycles. The van der Waals surface area contributed by atoms with E-state index in [-0.39, 0.29) is 0 Å². The van der Waals surface area contributed by atoms with Gasteiger partial charge in [0.15, 0.2) is 0 Å². The summed E-state index contributed by atoms with van der Waals surface area (Å²) in [7, 11) is 1.66. The SMILES string of the molecule is CCOc1ccc(OC)c(-c2cnn(CCN)c2)c1. The second-order valence-corrected chi connectivity index (χ2v) is 4.08. The van der Waals surface area contributed by atoms with Gasteiger partial charge in [0.25, 0.3) is 0 Å². The Bertz CT molecular complexity index is 537. The number of benzene rings is 1. The van der Waals surface area contributed by atoms with Crippen molar-refractivity contribution >= 4 is 0 Å². The van der Waals surface area contributed by atoms with Crippen LogP contribution in [0.1, 0.15) is 6.92 Å². The van der Waals surface area contributed by atoms with Gasteiger partial charge in [0.1, 0.15) is 11.5 Å². The quantitative estimate of drug-likeness (QED) is 0.863. The standard InChI is InChI=1S/C14H19N3O2/c1-3-19-12-4-5-14(18-2)13(8-12)11-9-16-17(10-11)7-6-15/h4-5,8-10H,3,6-7,15H2,1-2H3. The van der Waals surface area contributed by atoms with Gasteiger partial charge in [0, 0.05) is 23.9 Å². The van der Waals surface area contributed by atoms with E-state index in [1.807, 2.05) is 42.2 Å². The third kappa shape index (κ3) is 3.06. The van der Waals surface area contributed by atoms with Crippen LogP contribution in [-0.4, -0.2) is 30.0 Å². The highest BCUT2D eigenvalue weighted by molar-refractivity contribution is 5.71. The summed E-state index contributed by atoms with van der Waals surface area (Å²) < 4.78 is 12.7. The van der Waals surface area contributed by atoms with E-state index in [2.05, 4.69) is 5.10 Å². The molecule has 19 heavy (non-hydrogen) atoms. The molecule has 2 N–H and O–H groups in total. The summed E-state index contributed by atoms with van der Waals surface area (Å²) in [5.41, 5.74) is 7.48. The molecular weight excluding hydrogens is 242 g/mol. The van der Waals surface area contributed by atoms with Crippen LogP contribution in [0.4, 0.5) is 0 Å². The van der Waals surface area contributed by atoms with Crippen molar-refractivity contribution in [3.8, 4) is 22.6 Å². The van der Waals surface area contributed by atoms with Gasteiger partial charge < -0.3 is 15.2 Å². The summed E-state index contributed by atoms with van der Waals surface area (Å²) in [6, 6.07) is 5.77. The van der Waals surface area contributed by atoms with Crippen LogP contribution in [0.2, 0.25) is 0 Å². The van der Waals surface area contributed by atoms with E-state index in [0.717, 1.165) is 22.6 Å². The first-order valence-electron chi connectivity index (χ1n) is 6.32. The van der Waals surface area contributed by atoms with Gasteiger partial charge in [0.2, 0.25) is 0 Å². The molecule has 1 aromatic heterocycles. The maximum atomic E-state index is 5.52. The Kier molecular flexibility index (Phi) is 4.41. The molecule has 0 aliphatic heterocycles. The first kappa shape index (κ1) is 13.4. The zero-order chi connectivity index (χ0) is 13.7. The van der Waals surface area contributed by atoms with Crippen molar-refractivity contribution in [1.29, 1.82) is 0 Å². The lowest BCUT2D eigenvalue weighted by molar-refractivity contribution is 0.339. The Morgan fingerprint density at radius 2 is 2.21 bits per heavy atom. The van der Waals surface area contributed by atoms with Crippen molar-refractivity contribution in [3.05, 3.63) is 30.6 Å². The Hall–Kier alpha value is -2.01. The van der Waals surface area contributed by atoms with Gasteiger partial charge in [0.05, 0.1) is 26.5 Å². The van der Waals surface area contributed by atoms with Gasteiger partial charge in [-0.2, -0.15) is 5.10 Å². The van der Waals surface area contributed by atoms with Crippen LogP contribution in [0, 0.1) is 0 Å². The zero-order valence-corrected chi connectivity index (χ0v) is 11.3. The number of hydrogen-bond donors (Lipinski definition) is 1. The molecular formula is C14H19N3O2. The van der Waals surface area contributed by atoms with Crippen LogP contribution in [0.3, 0.4) is 0 Å². The normalized spacial score (nSPS) is 10.5. The number of ether oxygens (including phenoxy) is 2. The maximum Gasteiger partial charge on any atom is 0.127 e. The van der Waals surface area contributed by atoms with Crippen LogP contribution < -0.4 is 15.2 Å². The maximum absolute atomic E-state index is 5.52. The molecule has 5 heteroatoms. The lowest BCUT2D eigenvalue weighted by atomic mass is 10.1. The number of nitrogens with two attached hydrogens (primary N) is 1. The number of nitrogens with zero attached hydrogens (tertiary/aromatic N) is 2. The summed E-state index contributed by atoms with van der Waals surface area (Å²) in [4.78, 5) is 0. The first-order chi connectivity index (χ1) is 9.28. The average molecular weight is 261 g/mol. The molecule has 0 amide bonds. The summed E-state index contributed by atoms with van der Waals surface area (Å²) >= 11 is 0. The molecule has 5 nitrogen and oxygen atoms in total. The molecule has 0 unspecified atom stereocenters. The van der Waals surface area contributed by atoms with E-state index >= 15 is 0 Å². The van der Waals surface area contributed by atoms with Gasteiger partial charge in [-0.15, -0.1) is 0 Å². The van der Waals surface area contributed by atoms with Crippen LogP contribution >= 0.6 is 0 Å². The monoisotopic (exact) mass is 261 g/mol. The molecule has 0 aliphatic carbocycles. The Labute approximate surface area is 112 Å². The van der Waals surface area contributed by atoms with Gasteiger partial charge in [-0.1, -0.05) is 0 Å². The number of rotatable bonds is 6. The lowest BCUT2D eigenvalue weighted by Crippen LogP contribution is -2.09. The van der Waals surface area contributed by atoms with Gasteiger partial charge in [-0.3, -0.25) is 4.68 Å². The Morgan fingerprint density at radius 1 is 1.37 bits per heavy atom.